The zero-order valence-corrected chi connectivity index (χ0v) is 15.9. The number of ketones is 1. The number of para-hydroxylation sites is 1. The largest absolute Gasteiger partial charge is 0.465 e. The third kappa shape index (κ3) is 3.48. The molecule has 2 heterocycles. The Hall–Kier alpha value is -3.21. The Kier molecular flexibility index (Phi) is 4.82. The van der Waals surface area contributed by atoms with Crippen molar-refractivity contribution < 1.29 is 18.7 Å². The maximum Gasteiger partial charge on any atom is 0.339 e. The molecule has 0 unspecified atom stereocenters. The van der Waals surface area contributed by atoms with Crippen LogP contribution in [0.3, 0.4) is 0 Å². The van der Waals surface area contributed by atoms with Crippen molar-refractivity contribution in [3.05, 3.63) is 65.2 Å². The van der Waals surface area contributed by atoms with E-state index >= 15 is 0 Å². The van der Waals surface area contributed by atoms with Crippen LogP contribution in [-0.4, -0.2) is 23.3 Å². The number of benzene rings is 1. The van der Waals surface area contributed by atoms with E-state index in [1.807, 2.05) is 42.5 Å². The van der Waals surface area contributed by atoms with E-state index in [0.717, 1.165) is 46.3 Å². The number of furan rings is 1. The minimum Gasteiger partial charge on any atom is -0.465 e. The molecular formula is C23H21NO4. The predicted molar refractivity (Wildman–Crippen MR) is 107 cm³/mol. The molecule has 0 spiro atoms. The molecule has 0 aliphatic heterocycles. The fourth-order valence-corrected chi connectivity index (χ4v) is 3.75. The fourth-order valence-electron chi connectivity index (χ4n) is 3.75. The molecule has 0 saturated heterocycles. The number of allylic oxidation sites excluding steroid dienone is 1. The molecule has 0 saturated carbocycles. The monoisotopic (exact) mass is 375 g/mol. The average molecular weight is 375 g/mol. The standard InChI is InChI=1S/C23H21NO4/c1-14-10-16(12-17-6-5-9-27-17)22-19(11-14)21(23(26)28-13-15(2)25)18-7-3-4-8-20(18)24-22/h3-9,12,14H,10-11,13H2,1-2H3/t14-/m1/s1. The van der Waals surface area contributed by atoms with Gasteiger partial charge in [0, 0.05) is 5.39 Å². The van der Waals surface area contributed by atoms with Gasteiger partial charge in [0.05, 0.1) is 23.0 Å². The van der Waals surface area contributed by atoms with Crippen molar-refractivity contribution in [1.29, 1.82) is 0 Å². The molecule has 0 amide bonds. The van der Waals surface area contributed by atoms with E-state index in [9.17, 15) is 9.59 Å². The Morgan fingerprint density at radius 3 is 2.79 bits per heavy atom. The maximum absolute atomic E-state index is 12.9. The van der Waals surface area contributed by atoms with Crippen LogP contribution >= 0.6 is 0 Å². The first-order valence-corrected chi connectivity index (χ1v) is 9.35. The van der Waals surface area contributed by atoms with Crippen molar-refractivity contribution in [3.63, 3.8) is 0 Å². The lowest BCUT2D eigenvalue weighted by molar-refractivity contribution is -0.120. The molecule has 1 aliphatic carbocycles. The minimum atomic E-state index is -0.475. The number of Topliss-reactive ketones (excluding diaryl/α,β-unsaturated/α-hetero) is 1. The number of hydrogen-bond donors (Lipinski definition) is 0. The molecule has 28 heavy (non-hydrogen) atoms. The summed E-state index contributed by atoms with van der Waals surface area (Å²) in [6.07, 6.45) is 5.20. The second-order valence-corrected chi connectivity index (χ2v) is 7.31. The first kappa shape index (κ1) is 18.2. The summed E-state index contributed by atoms with van der Waals surface area (Å²) in [6.45, 7) is 3.33. The predicted octanol–water partition coefficient (Wildman–Crippen LogP) is 4.70. The smallest absolute Gasteiger partial charge is 0.339 e. The van der Waals surface area contributed by atoms with Crippen LogP contribution in [0, 0.1) is 5.92 Å². The maximum atomic E-state index is 12.9. The Morgan fingerprint density at radius 1 is 1.21 bits per heavy atom. The SMILES string of the molecule is CC(=O)COC(=O)c1c2c(nc3ccccc13)C(=Cc1ccco1)C[C@@H](C)C2. The van der Waals surface area contributed by atoms with Gasteiger partial charge in [-0.2, -0.15) is 0 Å². The van der Waals surface area contributed by atoms with Gasteiger partial charge in [-0.3, -0.25) is 4.79 Å². The number of fused-ring (bicyclic) bond motifs is 2. The van der Waals surface area contributed by atoms with E-state index < -0.39 is 5.97 Å². The van der Waals surface area contributed by atoms with Gasteiger partial charge < -0.3 is 9.15 Å². The molecule has 142 valence electrons. The van der Waals surface area contributed by atoms with Crippen molar-refractivity contribution in [2.24, 2.45) is 5.92 Å². The van der Waals surface area contributed by atoms with E-state index in [4.69, 9.17) is 14.1 Å². The molecule has 2 aromatic heterocycles. The highest BCUT2D eigenvalue weighted by atomic mass is 16.5. The number of aromatic nitrogens is 1. The summed E-state index contributed by atoms with van der Waals surface area (Å²) in [5.41, 5.74) is 3.97. The third-order valence-corrected chi connectivity index (χ3v) is 4.89. The van der Waals surface area contributed by atoms with Crippen LogP contribution in [-0.2, 0) is 16.0 Å². The van der Waals surface area contributed by atoms with Crippen LogP contribution < -0.4 is 0 Å². The van der Waals surface area contributed by atoms with Gasteiger partial charge in [0.1, 0.15) is 12.4 Å². The van der Waals surface area contributed by atoms with Crippen molar-refractivity contribution >= 4 is 34.3 Å². The van der Waals surface area contributed by atoms with Gasteiger partial charge in [0.15, 0.2) is 5.78 Å². The van der Waals surface area contributed by atoms with Gasteiger partial charge in [0.2, 0.25) is 0 Å². The lowest BCUT2D eigenvalue weighted by Crippen LogP contribution is -2.20. The van der Waals surface area contributed by atoms with Crippen molar-refractivity contribution in [1.82, 2.24) is 4.98 Å². The number of esters is 1. The van der Waals surface area contributed by atoms with Crippen molar-refractivity contribution in [2.45, 2.75) is 26.7 Å². The molecule has 5 heteroatoms. The quantitative estimate of drug-likeness (QED) is 0.619. The van der Waals surface area contributed by atoms with Crippen LogP contribution in [0.15, 0.2) is 47.1 Å². The highest BCUT2D eigenvalue weighted by molar-refractivity contribution is 6.07. The molecule has 1 aliphatic rings. The number of nitrogens with zero attached hydrogens (tertiary/aromatic N) is 1. The number of carbonyl (C=O) groups excluding carboxylic acids is 2. The Morgan fingerprint density at radius 2 is 2.04 bits per heavy atom. The third-order valence-electron chi connectivity index (χ3n) is 4.89. The number of pyridine rings is 1. The first-order chi connectivity index (χ1) is 13.5. The van der Waals surface area contributed by atoms with Gasteiger partial charge in [0.25, 0.3) is 0 Å². The molecule has 0 N–H and O–H groups in total. The zero-order valence-electron chi connectivity index (χ0n) is 15.9. The van der Waals surface area contributed by atoms with Crippen LogP contribution in [0.5, 0.6) is 0 Å². The molecule has 3 aromatic rings. The highest BCUT2D eigenvalue weighted by Crippen LogP contribution is 2.38. The lowest BCUT2D eigenvalue weighted by atomic mass is 9.81. The summed E-state index contributed by atoms with van der Waals surface area (Å²) < 4.78 is 10.8. The van der Waals surface area contributed by atoms with Gasteiger partial charge in [-0.15, -0.1) is 0 Å². The van der Waals surface area contributed by atoms with E-state index in [1.54, 1.807) is 6.26 Å². The molecule has 0 radical (unpaired) electrons. The molecule has 4 rings (SSSR count). The lowest BCUT2D eigenvalue weighted by Gasteiger charge is -2.26. The van der Waals surface area contributed by atoms with Crippen LogP contribution in [0.1, 0.15) is 47.6 Å². The van der Waals surface area contributed by atoms with Crippen molar-refractivity contribution in [3.8, 4) is 0 Å². The van der Waals surface area contributed by atoms with Crippen LogP contribution in [0.25, 0.3) is 22.6 Å². The normalized spacial score (nSPS) is 17.5. The molecule has 0 bridgehead atoms. The van der Waals surface area contributed by atoms with E-state index in [2.05, 4.69) is 6.92 Å². The molecular weight excluding hydrogens is 354 g/mol. The summed E-state index contributed by atoms with van der Waals surface area (Å²) in [7, 11) is 0. The fraction of sp³-hybridized carbons (Fsp3) is 0.261. The topological polar surface area (TPSA) is 69.4 Å². The molecule has 1 atom stereocenters. The van der Waals surface area contributed by atoms with Crippen LogP contribution in [0.2, 0.25) is 0 Å². The van der Waals surface area contributed by atoms with Crippen molar-refractivity contribution in [2.75, 3.05) is 6.61 Å². The van der Waals surface area contributed by atoms with E-state index in [1.165, 1.54) is 6.92 Å². The molecule has 1 aromatic carbocycles. The second-order valence-electron chi connectivity index (χ2n) is 7.31. The Balaban J connectivity index is 1.92. The van der Waals surface area contributed by atoms with Crippen LogP contribution in [0.4, 0.5) is 0 Å². The summed E-state index contributed by atoms with van der Waals surface area (Å²) in [4.78, 5) is 29.1. The molecule has 0 fully saturated rings. The number of rotatable bonds is 4. The highest BCUT2D eigenvalue weighted by Gasteiger charge is 2.29. The first-order valence-electron chi connectivity index (χ1n) is 9.35. The molecule has 5 nitrogen and oxygen atoms in total. The van der Waals surface area contributed by atoms with Gasteiger partial charge in [-0.05, 0) is 61.1 Å². The van der Waals surface area contributed by atoms with Gasteiger partial charge >= 0.3 is 5.97 Å². The minimum absolute atomic E-state index is 0.188. The van der Waals surface area contributed by atoms with E-state index in [-0.39, 0.29) is 12.4 Å². The van der Waals surface area contributed by atoms with Gasteiger partial charge in [-0.25, -0.2) is 9.78 Å². The zero-order chi connectivity index (χ0) is 19.7. The van der Waals surface area contributed by atoms with Gasteiger partial charge in [-0.1, -0.05) is 25.1 Å². The number of carbonyl (C=O) groups is 2. The van der Waals surface area contributed by atoms with E-state index in [0.29, 0.717) is 11.5 Å². The number of ether oxygens (including phenoxy) is 1. The summed E-state index contributed by atoms with van der Waals surface area (Å²) in [6, 6.07) is 11.3. The Labute approximate surface area is 163 Å². The summed E-state index contributed by atoms with van der Waals surface area (Å²) in [5, 5.41) is 0.751. The summed E-state index contributed by atoms with van der Waals surface area (Å²) >= 11 is 0. The summed E-state index contributed by atoms with van der Waals surface area (Å²) in [5.74, 6) is 0.436. The Bertz CT molecular complexity index is 1080. The average Bonchev–Trinajstić information content (AvgIpc) is 3.17. The second kappa shape index (κ2) is 7.43. The number of hydrogen-bond acceptors (Lipinski definition) is 5.